The zero-order valence-electron chi connectivity index (χ0n) is 16.9. The van der Waals surface area contributed by atoms with Crippen molar-refractivity contribution in [2.75, 3.05) is 12.3 Å². The SMILES string of the molecule is Cn1cccc1C(=O)NC(=O)COC(=O)c1ccc2c(c1N)C(=O)c1ccccc1C2=O. The summed E-state index contributed by atoms with van der Waals surface area (Å²) in [6.45, 7) is -0.735. The van der Waals surface area contributed by atoms with Gasteiger partial charge in [-0.1, -0.05) is 24.3 Å². The molecule has 32 heavy (non-hydrogen) atoms. The summed E-state index contributed by atoms with van der Waals surface area (Å²) in [4.78, 5) is 62.1. The predicted octanol–water partition coefficient (Wildman–Crippen LogP) is 1.50. The number of carbonyl (C=O) groups is 5. The molecule has 0 radical (unpaired) electrons. The van der Waals surface area contributed by atoms with E-state index in [0.717, 1.165) is 0 Å². The number of aryl methyl sites for hydroxylation is 1. The highest BCUT2D eigenvalue weighted by Gasteiger charge is 2.33. The van der Waals surface area contributed by atoms with Gasteiger partial charge in [-0.05, 0) is 24.3 Å². The number of esters is 1. The quantitative estimate of drug-likeness (QED) is 0.369. The molecule has 3 aromatic rings. The van der Waals surface area contributed by atoms with Gasteiger partial charge in [-0.25, -0.2) is 4.79 Å². The summed E-state index contributed by atoms with van der Waals surface area (Å²) >= 11 is 0. The van der Waals surface area contributed by atoms with E-state index in [2.05, 4.69) is 5.32 Å². The molecule has 0 saturated heterocycles. The van der Waals surface area contributed by atoms with Gasteiger partial charge >= 0.3 is 5.97 Å². The largest absolute Gasteiger partial charge is 0.452 e. The first kappa shape index (κ1) is 20.7. The lowest BCUT2D eigenvalue weighted by Crippen LogP contribution is -2.35. The molecule has 0 fully saturated rings. The van der Waals surface area contributed by atoms with E-state index < -0.39 is 30.2 Å². The van der Waals surface area contributed by atoms with E-state index in [1.807, 2.05) is 0 Å². The third-order valence-corrected chi connectivity index (χ3v) is 5.12. The standard InChI is InChI=1S/C23H17N3O6/c1-26-10-4-7-16(26)22(30)25-17(27)11-32-23(31)15-9-8-14-18(19(15)24)21(29)13-6-3-2-5-12(13)20(14)28/h2-10H,11,24H2,1H3,(H,25,27,30). The van der Waals surface area contributed by atoms with Crippen molar-refractivity contribution in [3.8, 4) is 0 Å². The van der Waals surface area contributed by atoms with Gasteiger partial charge in [-0.15, -0.1) is 0 Å². The summed E-state index contributed by atoms with van der Waals surface area (Å²) in [7, 11) is 1.64. The fourth-order valence-electron chi connectivity index (χ4n) is 3.52. The smallest absolute Gasteiger partial charge is 0.340 e. The number of fused-ring (bicyclic) bond motifs is 2. The molecule has 2 amide bonds. The second kappa shape index (κ2) is 7.95. The number of nitrogen functional groups attached to an aromatic ring is 1. The summed E-state index contributed by atoms with van der Waals surface area (Å²) in [6, 6.07) is 12.1. The van der Waals surface area contributed by atoms with Crippen LogP contribution < -0.4 is 11.1 Å². The number of benzene rings is 2. The normalized spacial score (nSPS) is 12.0. The Kier molecular flexibility index (Phi) is 5.15. The molecule has 1 aliphatic carbocycles. The van der Waals surface area contributed by atoms with Gasteiger partial charge < -0.3 is 15.0 Å². The lowest BCUT2D eigenvalue weighted by molar-refractivity contribution is -0.123. The predicted molar refractivity (Wildman–Crippen MR) is 112 cm³/mol. The van der Waals surface area contributed by atoms with Gasteiger partial charge in [-0.2, -0.15) is 0 Å². The molecule has 0 spiro atoms. The molecule has 1 heterocycles. The summed E-state index contributed by atoms with van der Waals surface area (Å²) in [5, 5.41) is 2.11. The number of aromatic nitrogens is 1. The molecule has 0 bridgehead atoms. The molecule has 3 N–H and O–H groups in total. The molecular weight excluding hydrogens is 414 g/mol. The molecular formula is C23H17N3O6. The Bertz CT molecular complexity index is 1320. The van der Waals surface area contributed by atoms with Crippen LogP contribution in [0.25, 0.3) is 0 Å². The zero-order valence-corrected chi connectivity index (χ0v) is 16.9. The van der Waals surface area contributed by atoms with E-state index in [1.54, 1.807) is 37.5 Å². The molecule has 2 aromatic carbocycles. The van der Waals surface area contributed by atoms with Crippen molar-refractivity contribution in [2.24, 2.45) is 7.05 Å². The van der Waals surface area contributed by atoms with Crippen molar-refractivity contribution >= 4 is 35.0 Å². The number of carbonyl (C=O) groups excluding carboxylic acids is 5. The molecule has 1 aliphatic rings. The van der Waals surface area contributed by atoms with Crippen LogP contribution in [0.5, 0.6) is 0 Å². The molecule has 0 saturated carbocycles. The van der Waals surface area contributed by atoms with Crippen molar-refractivity contribution in [2.45, 2.75) is 0 Å². The first-order valence-electron chi connectivity index (χ1n) is 9.53. The highest BCUT2D eigenvalue weighted by atomic mass is 16.5. The molecule has 9 heteroatoms. The van der Waals surface area contributed by atoms with E-state index in [0.29, 0.717) is 0 Å². The van der Waals surface area contributed by atoms with Gasteiger partial charge in [0.15, 0.2) is 18.2 Å². The highest BCUT2D eigenvalue weighted by Crippen LogP contribution is 2.32. The number of amides is 2. The van der Waals surface area contributed by atoms with E-state index in [9.17, 15) is 24.0 Å². The number of hydrogen-bond acceptors (Lipinski definition) is 7. The number of nitrogens with two attached hydrogens (primary N) is 1. The van der Waals surface area contributed by atoms with Crippen LogP contribution in [0.1, 0.15) is 52.7 Å². The molecule has 0 unspecified atom stereocenters. The van der Waals surface area contributed by atoms with Crippen LogP contribution in [0.2, 0.25) is 0 Å². The fraction of sp³-hybridized carbons (Fsp3) is 0.0870. The van der Waals surface area contributed by atoms with E-state index in [-0.39, 0.29) is 45.0 Å². The Balaban J connectivity index is 1.50. The highest BCUT2D eigenvalue weighted by molar-refractivity contribution is 6.30. The minimum absolute atomic E-state index is 0.0773. The van der Waals surface area contributed by atoms with Crippen LogP contribution in [0.3, 0.4) is 0 Å². The summed E-state index contributed by atoms with van der Waals surface area (Å²) in [6.07, 6.45) is 1.64. The summed E-state index contributed by atoms with van der Waals surface area (Å²) in [5.74, 6) is -3.30. The van der Waals surface area contributed by atoms with Crippen molar-refractivity contribution < 1.29 is 28.7 Å². The Morgan fingerprint density at radius 3 is 2.28 bits per heavy atom. The van der Waals surface area contributed by atoms with Crippen molar-refractivity contribution in [1.82, 2.24) is 9.88 Å². The zero-order chi connectivity index (χ0) is 23.0. The molecule has 1 aromatic heterocycles. The maximum atomic E-state index is 12.9. The van der Waals surface area contributed by atoms with Crippen LogP contribution in [0, 0.1) is 0 Å². The maximum Gasteiger partial charge on any atom is 0.340 e. The molecule has 4 rings (SSSR count). The van der Waals surface area contributed by atoms with Gasteiger partial charge in [0, 0.05) is 29.9 Å². The number of rotatable bonds is 4. The van der Waals surface area contributed by atoms with Crippen LogP contribution >= 0.6 is 0 Å². The van der Waals surface area contributed by atoms with Crippen LogP contribution in [0.15, 0.2) is 54.7 Å². The number of hydrogen-bond donors (Lipinski definition) is 2. The topological polar surface area (TPSA) is 138 Å². The average Bonchev–Trinajstić information content (AvgIpc) is 3.21. The Morgan fingerprint density at radius 1 is 0.938 bits per heavy atom. The fourth-order valence-corrected chi connectivity index (χ4v) is 3.52. The molecule has 0 aliphatic heterocycles. The molecule has 9 nitrogen and oxygen atoms in total. The number of ether oxygens (including phenoxy) is 1. The average molecular weight is 431 g/mol. The minimum Gasteiger partial charge on any atom is -0.452 e. The lowest BCUT2D eigenvalue weighted by atomic mass is 9.82. The Morgan fingerprint density at radius 2 is 1.62 bits per heavy atom. The molecule has 160 valence electrons. The van der Waals surface area contributed by atoms with E-state index in [1.165, 1.54) is 28.8 Å². The maximum absolute atomic E-state index is 12.9. The first-order valence-corrected chi connectivity index (χ1v) is 9.53. The number of ketones is 2. The summed E-state index contributed by atoms with van der Waals surface area (Å²) < 4.78 is 6.48. The van der Waals surface area contributed by atoms with E-state index >= 15 is 0 Å². The monoisotopic (exact) mass is 431 g/mol. The number of anilines is 1. The third-order valence-electron chi connectivity index (χ3n) is 5.12. The Labute approximate surface area is 181 Å². The van der Waals surface area contributed by atoms with Gasteiger partial charge in [0.05, 0.1) is 16.8 Å². The molecule has 0 atom stereocenters. The van der Waals surface area contributed by atoms with Gasteiger partial charge in [-0.3, -0.25) is 24.5 Å². The van der Waals surface area contributed by atoms with Crippen molar-refractivity contribution in [3.63, 3.8) is 0 Å². The first-order chi connectivity index (χ1) is 15.3. The van der Waals surface area contributed by atoms with Crippen molar-refractivity contribution in [1.29, 1.82) is 0 Å². The van der Waals surface area contributed by atoms with Gasteiger partial charge in [0.1, 0.15) is 5.69 Å². The Hall–Kier alpha value is -4.53. The lowest BCUT2D eigenvalue weighted by Gasteiger charge is -2.20. The number of nitrogens with zero attached hydrogens (tertiary/aromatic N) is 1. The number of imide groups is 1. The van der Waals surface area contributed by atoms with Crippen molar-refractivity contribution in [3.05, 3.63) is 88.2 Å². The minimum atomic E-state index is -0.967. The number of nitrogens with one attached hydrogen (secondary N) is 1. The third kappa shape index (κ3) is 3.45. The van der Waals surface area contributed by atoms with Gasteiger partial charge in [0.25, 0.3) is 11.8 Å². The second-order valence-electron chi connectivity index (χ2n) is 7.11. The van der Waals surface area contributed by atoms with Gasteiger partial charge in [0.2, 0.25) is 0 Å². The summed E-state index contributed by atoms with van der Waals surface area (Å²) in [5.41, 5.74) is 6.41. The van der Waals surface area contributed by atoms with E-state index in [4.69, 9.17) is 10.5 Å². The van der Waals surface area contributed by atoms with Crippen LogP contribution in [-0.2, 0) is 16.6 Å². The van der Waals surface area contributed by atoms with Crippen LogP contribution in [-0.4, -0.2) is 40.5 Å². The second-order valence-corrected chi connectivity index (χ2v) is 7.11. The van der Waals surface area contributed by atoms with Crippen LogP contribution in [0.4, 0.5) is 5.69 Å².